The molecule has 0 bridgehead atoms. The van der Waals surface area contributed by atoms with Crippen molar-refractivity contribution >= 4 is 63.9 Å². The number of fused-ring (bicyclic) bond motifs is 1. The van der Waals surface area contributed by atoms with Crippen molar-refractivity contribution in [2.45, 2.75) is 25.3 Å². The third-order valence-electron chi connectivity index (χ3n) is 6.10. The van der Waals surface area contributed by atoms with E-state index in [1.54, 1.807) is 6.07 Å². The lowest BCUT2D eigenvalue weighted by Gasteiger charge is -2.31. The molecule has 2 nitrogen and oxygen atoms in total. The number of allylic oxidation sites excluding steroid dienone is 1. The van der Waals surface area contributed by atoms with Gasteiger partial charge in [-0.05, 0) is 78.4 Å². The molecule has 0 saturated heterocycles. The highest BCUT2D eigenvalue weighted by Gasteiger charge is 2.42. The van der Waals surface area contributed by atoms with Gasteiger partial charge in [-0.15, -0.1) is 0 Å². The van der Waals surface area contributed by atoms with E-state index in [1.165, 1.54) is 5.57 Å². The van der Waals surface area contributed by atoms with Gasteiger partial charge in [0.1, 0.15) is 0 Å². The van der Waals surface area contributed by atoms with Crippen LogP contribution in [0, 0.1) is 5.92 Å². The Morgan fingerprint density at radius 1 is 0.844 bits per heavy atom. The highest BCUT2D eigenvalue weighted by atomic mass is 35.5. The van der Waals surface area contributed by atoms with E-state index in [4.69, 9.17) is 51.5 Å². The number of halogens is 4. The first-order chi connectivity index (χ1) is 15.5. The molecule has 3 aromatic carbocycles. The standard InChI is InChI=1S/C26H20Cl4N2/c27-18-10-9-16(23(29)14-18)13-17-5-4-8-22-25(17)31-32(20-6-2-1-3-7-20)26(22)21-12-11-19(28)15-24(21)30/h1-3,6-7,9-15,22,26H,4-5,8H2/b17-13+/t22-,26-/m0/s1. The second-order valence-electron chi connectivity index (χ2n) is 8.11. The average molecular weight is 502 g/mol. The highest BCUT2D eigenvalue weighted by molar-refractivity contribution is 6.36. The summed E-state index contributed by atoms with van der Waals surface area (Å²) in [6.45, 7) is 0. The number of nitrogens with zero attached hydrogens (tertiary/aromatic N) is 2. The maximum Gasteiger partial charge on any atom is 0.0874 e. The van der Waals surface area contributed by atoms with Crippen LogP contribution in [0.4, 0.5) is 5.69 Å². The molecule has 2 aliphatic rings. The predicted octanol–water partition coefficient (Wildman–Crippen LogP) is 9.10. The Bertz CT molecular complexity index is 1220. The van der Waals surface area contributed by atoms with Gasteiger partial charge in [-0.1, -0.05) is 76.7 Å². The fraction of sp³-hybridized carbons (Fsp3) is 0.192. The summed E-state index contributed by atoms with van der Waals surface area (Å²) >= 11 is 25.4. The normalized spacial score (nSPS) is 21.6. The van der Waals surface area contributed by atoms with Crippen LogP contribution in [-0.4, -0.2) is 5.71 Å². The molecule has 1 fully saturated rings. The van der Waals surface area contributed by atoms with Crippen LogP contribution >= 0.6 is 46.4 Å². The summed E-state index contributed by atoms with van der Waals surface area (Å²) in [6, 6.07) is 21.6. The minimum absolute atomic E-state index is 0.00144. The maximum atomic E-state index is 6.69. The second kappa shape index (κ2) is 9.11. The minimum Gasteiger partial charge on any atom is -0.257 e. The van der Waals surface area contributed by atoms with Gasteiger partial charge in [0.05, 0.1) is 17.4 Å². The molecule has 0 N–H and O–H groups in total. The molecule has 1 heterocycles. The lowest BCUT2D eigenvalue weighted by atomic mass is 9.77. The molecule has 1 saturated carbocycles. The number of hydrogen-bond acceptors (Lipinski definition) is 2. The van der Waals surface area contributed by atoms with Gasteiger partial charge in [0, 0.05) is 26.0 Å². The van der Waals surface area contributed by atoms with Crippen molar-refractivity contribution in [1.82, 2.24) is 0 Å². The Kier molecular flexibility index (Phi) is 6.22. The summed E-state index contributed by atoms with van der Waals surface area (Å²) in [5, 5.41) is 9.82. The molecule has 3 aromatic rings. The molecular formula is C26H20Cl4N2. The Balaban J connectivity index is 1.62. The van der Waals surface area contributed by atoms with Gasteiger partial charge in [-0.3, -0.25) is 5.01 Å². The molecule has 1 aliphatic carbocycles. The van der Waals surface area contributed by atoms with E-state index in [0.29, 0.717) is 20.1 Å². The zero-order valence-electron chi connectivity index (χ0n) is 17.1. The van der Waals surface area contributed by atoms with Crippen LogP contribution < -0.4 is 5.01 Å². The molecule has 2 atom stereocenters. The van der Waals surface area contributed by atoms with E-state index in [-0.39, 0.29) is 12.0 Å². The SMILES string of the molecule is Clc1ccc(/C=C2\CCC[C@H]3C2=NN(c2ccccc2)[C@H]3c2ccc(Cl)cc2Cl)c(Cl)c1. The van der Waals surface area contributed by atoms with Crippen molar-refractivity contribution < 1.29 is 0 Å². The Hall–Kier alpha value is -1.97. The van der Waals surface area contributed by atoms with Crippen LogP contribution in [0.1, 0.15) is 36.4 Å². The molecule has 0 amide bonds. The Morgan fingerprint density at radius 3 is 2.28 bits per heavy atom. The summed E-state index contributed by atoms with van der Waals surface area (Å²) in [5.41, 5.74) is 5.33. The Labute approximate surface area is 208 Å². The van der Waals surface area contributed by atoms with Crippen molar-refractivity contribution in [2.24, 2.45) is 11.0 Å². The van der Waals surface area contributed by atoms with Gasteiger partial charge in [-0.2, -0.15) is 5.10 Å². The quantitative estimate of drug-likeness (QED) is 0.349. The lowest BCUT2D eigenvalue weighted by molar-refractivity contribution is 0.488. The fourth-order valence-corrected chi connectivity index (χ4v) is 5.63. The molecule has 5 rings (SSSR count). The van der Waals surface area contributed by atoms with E-state index in [9.17, 15) is 0 Å². The molecule has 0 spiro atoms. The molecule has 0 unspecified atom stereocenters. The third-order valence-corrected chi connectivity index (χ3v) is 7.22. The van der Waals surface area contributed by atoms with Crippen molar-refractivity contribution in [3.63, 3.8) is 0 Å². The zero-order valence-corrected chi connectivity index (χ0v) is 20.1. The van der Waals surface area contributed by atoms with E-state index in [0.717, 1.165) is 41.8 Å². The summed E-state index contributed by atoms with van der Waals surface area (Å²) in [7, 11) is 0. The third kappa shape index (κ3) is 4.18. The first kappa shape index (κ1) is 21.9. The van der Waals surface area contributed by atoms with E-state index < -0.39 is 0 Å². The lowest BCUT2D eigenvalue weighted by Crippen LogP contribution is -2.28. The number of benzene rings is 3. The topological polar surface area (TPSA) is 15.6 Å². The van der Waals surface area contributed by atoms with Gasteiger partial charge in [0.15, 0.2) is 0 Å². The van der Waals surface area contributed by atoms with Crippen molar-refractivity contribution in [1.29, 1.82) is 0 Å². The summed E-state index contributed by atoms with van der Waals surface area (Å²) in [5.74, 6) is 0.222. The summed E-state index contributed by atoms with van der Waals surface area (Å²) in [4.78, 5) is 0. The van der Waals surface area contributed by atoms with Crippen molar-refractivity contribution in [3.8, 4) is 0 Å². The average Bonchev–Trinajstić information content (AvgIpc) is 3.17. The van der Waals surface area contributed by atoms with Crippen LogP contribution in [0.2, 0.25) is 20.1 Å². The monoisotopic (exact) mass is 500 g/mol. The van der Waals surface area contributed by atoms with Crippen LogP contribution in [0.5, 0.6) is 0 Å². The van der Waals surface area contributed by atoms with Crippen molar-refractivity contribution in [2.75, 3.05) is 5.01 Å². The molecule has 0 radical (unpaired) electrons. The number of hydrazone groups is 1. The highest BCUT2D eigenvalue weighted by Crippen LogP contribution is 2.48. The van der Waals surface area contributed by atoms with Gasteiger partial charge in [-0.25, -0.2) is 0 Å². The Morgan fingerprint density at radius 2 is 1.56 bits per heavy atom. The van der Waals surface area contributed by atoms with Crippen LogP contribution in [0.3, 0.4) is 0 Å². The number of anilines is 1. The molecule has 6 heteroatoms. The largest absolute Gasteiger partial charge is 0.257 e. The molecule has 32 heavy (non-hydrogen) atoms. The first-order valence-electron chi connectivity index (χ1n) is 10.5. The number of para-hydroxylation sites is 1. The number of rotatable bonds is 3. The van der Waals surface area contributed by atoms with E-state index in [2.05, 4.69) is 23.2 Å². The molecular weight excluding hydrogens is 482 g/mol. The smallest absolute Gasteiger partial charge is 0.0874 e. The first-order valence-corrected chi connectivity index (χ1v) is 12.1. The van der Waals surface area contributed by atoms with Crippen LogP contribution in [0.15, 0.2) is 77.4 Å². The molecule has 1 aliphatic heterocycles. The van der Waals surface area contributed by atoms with E-state index >= 15 is 0 Å². The minimum atomic E-state index is 0.00144. The van der Waals surface area contributed by atoms with Crippen LogP contribution in [-0.2, 0) is 0 Å². The number of hydrogen-bond donors (Lipinski definition) is 0. The summed E-state index contributed by atoms with van der Waals surface area (Å²) < 4.78 is 0. The maximum absolute atomic E-state index is 6.69. The molecule has 0 aromatic heterocycles. The van der Waals surface area contributed by atoms with Gasteiger partial charge in [0.2, 0.25) is 0 Å². The van der Waals surface area contributed by atoms with Gasteiger partial charge in [0.25, 0.3) is 0 Å². The zero-order chi connectivity index (χ0) is 22.2. The second-order valence-corrected chi connectivity index (χ2v) is 9.80. The summed E-state index contributed by atoms with van der Waals surface area (Å²) in [6.07, 6.45) is 5.22. The van der Waals surface area contributed by atoms with Gasteiger partial charge >= 0.3 is 0 Å². The van der Waals surface area contributed by atoms with Gasteiger partial charge < -0.3 is 0 Å². The molecule has 162 valence electrons. The van der Waals surface area contributed by atoms with Crippen molar-refractivity contribution in [3.05, 3.63) is 104 Å². The van der Waals surface area contributed by atoms with E-state index in [1.807, 2.05) is 48.5 Å². The fourth-order valence-electron chi connectivity index (χ4n) is 4.65. The van der Waals surface area contributed by atoms with Crippen LogP contribution in [0.25, 0.3) is 6.08 Å². The predicted molar refractivity (Wildman–Crippen MR) is 137 cm³/mol.